The van der Waals surface area contributed by atoms with E-state index in [-0.39, 0.29) is 6.04 Å². The van der Waals surface area contributed by atoms with E-state index in [9.17, 15) is 8.42 Å². The Morgan fingerprint density at radius 3 is 2.65 bits per heavy atom. The normalized spacial score (nSPS) is 20.1. The zero-order chi connectivity index (χ0) is 16.9. The summed E-state index contributed by atoms with van der Waals surface area (Å²) >= 11 is 0. The Labute approximate surface area is 138 Å². The molecule has 130 valence electrons. The van der Waals surface area contributed by atoms with Gasteiger partial charge in [-0.15, -0.1) is 0 Å². The van der Waals surface area contributed by atoms with E-state index in [1.807, 2.05) is 20.8 Å². The summed E-state index contributed by atoms with van der Waals surface area (Å²) in [7, 11) is -3.44. The molecule has 0 amide bonds. The van der Waals surface area contributed by atoms with Gasteiger partial charge in [-0.25, -0.2) is 0 Å². The van der Waals surface area contributed by atoms with Gasteiger partial charge in [0.1, 0.15) is 0 Å². The maximum Gasteiger partial charge on any atom is 0.282 e. The molecule has 0 radical (unpaired) electrons. The highest BCUT2D eigenvalue weighted by Gasteiger charge is 2.35. The van der Waals surface area contributed by atoms with E-state index in [4.69, 9.17) is 4.74 Å². The molecule has 0 N–H and O–H groups in total. The van der Waals surface area contributed by atoms with Crippen LogP contribution in [-0.2, 0) is 21.4 Å². The van der Waals surface area contributed by atoms with Crippen LogP contribution in [0.15, 0.2) is 12.4 Å². The van der Waals surface area contributed by atoms with Crippen LogP contribution >= 0.6 is 0 Å². The molecule has 1 aromatic heterocycles. The molecular formula is C15H26N4O3S. The van der Waals surface area contributed by atoms with Crippen LogP contribution in [0.5, 0.6) is 0 Å². The standard InChI is InChI=1S/C15H26N4O3S/c1-4-18(5-2)23(20,21)19-10-11-22-12-14(19)6-7-15-13(3)16-8-9-17-15/h8-9,14H,4-7,10-12H2,1-3H3/t14-/m0/s1. The summed E-state index contributed by atoms with van der Waals surface area (Å²) in [6, 6.07) is -0.157. The molecular weight excluding hydrogens is 316 g/mol. The molecule has 0 spiro atoms. The van der Waals surface area contributed by atoms with Crippen molar-refractivity contribution in [2.75, 3.05) is 32.8 Å². The second-order valence-electron chi connectivity index (χ2n) is 5.56. The average molecular weight is 342 g/mol. The van der Waals surface area contributed by atoms with E-state index in [1.165, 1.54) is 4.31 Å². The SMILES string of the molecule is CCN(CC)S(=O)(=O)N1CCOC[C@@H]1CCc1nccnc1C. The molecule has 0 aliphatic carbocycles. The highest BCUT2D eigenvalue weighted by atomic mass is 32.2. The molecule has 7 nitrogen and oxygen atoms in total. The Kier molecular flexibility index (Phi) is 6.46. The number of nitrogens with zero attached hydrogens (tertiary/aromatic N) is 4. The van der Waals surface area contributed by atoms with Gasteiger partial charge in [-0.3, -0.25) is 9.97 Å². The first-order chi connectivity index (χ1) is 11.0. The van der Waals surface area contributed by atoms with Crippen molar-refractivity contribution < 1.29 is 13.2 Å². The summed E-state index contributed by atoms with van der Waals surface area (Å²) in [5.41, 5.74) is 1.81. The molecule has 0 aromatic carbocycles. The van der Waals surface area contributed by atoms with Gasteiger partial charge in [0, 0.05) is 38.1 Å². The van der Waals surface area contributed by atoms with Gasteiger partial charge in [-0.1, -0.05) is 13.8 Å². The van der Waals surface area contributed by atoms with E-state index in [2.05, 4.69) is 9.97 Å². The second kappa shape index (κ2) is 8.14. The van der Waals surface area contributed by atoms with Gasteiger partial charge in [-0.2, -0.15) is 17.0 Å². The van der Waals surface area contributed by atoms with Crippen molar-refractivity contribution in [2.45, 2.75) is 39.7 Å². The lowest BCUT2D eigenvalue weighted by Crippen LogP contribution is -2.54. The van der Waals surface area contributed by atoms with Crippen LogP contribution in [0.1, 0.15) is 31.7 Å². The number of aromatic nitrogens is 2. The molecule has 1 atom stereocenters. The smallest absolute Gasteiger partial charge is 0.282 e. The number of hydrogen-bond acceptors (Lipinski definition) is 5. The molecule has 1 saturated heterocycles. The van der Waals surface area contributed by atoms with Crippen molar-refractivity contribution in [3.05, 3.63) is 23.8 Å². The third kappa shape index (κ3) is 4.26. The summed E-state index contributed by atoms with van der Waals surface area (Å²) < 4.78 is 34.2. The van der Waals surface area contributed by atoms with E-state index in [0.29, 0.717) is 45.7 Å². The lowest BCUT2D eigenvalue weighted by Gasteiger charge is -2.37. The zero-order valence-corrected chi connectivity index (χ0v) is 14.9. The third-order valence-corrected chi connectivity index (χ3v) is 6.44. The summed E-state index contributed by atoms with van der Waals surface area (Å²) in [6.45, 7) is 7.88. The summed E-state index contributed by atoms with van der Waals surface area (Å²) in [6.07, 6.45) is 4.71. The van der Waals surface area contributed by atoms with Crippen molar-refractivity contribution in [1.29, 1.82) is 0 Å². The highest BCUT2D eigenvalue weighted by molar-refractivity contribution is 7.86. The van der Waals surface area contributed by atoms with Gasteiger partial charge < -0.3 is 4.74 Å². The van der Waals surface area contributed by atoms with Crippen LogP contribution in [-0.4, -0.2) is 65.9 Å². The fourth-order valence-corrected chi connectivity index (χ4v) is 4.65. The van der Waals surface area contributed by atoms with Crippen LogP contribution in [0, 0.1) is 6.92 Å². The number of ether oxygens (including phenoxy) is 1. The van der Waals surface area contributed by atoms with Crippen LogP contribution < -0.4 is 0 Å². The molecule has 0 bridgehead atoms. The summed E-state index contributed by atoms with van der Waals surface area (Å²) in [5, 5.41) is 0. The molecule has 0 saturated carbocycles. The van der Waals surface area contributed by atoms with Crippen molar-refractivity contribution in [2.24, 2.45) is 0 Å². The number of aryl methyl sites for hydroxylation is 2. The number of rotatable bonds is 7. The van der Waals surface area contributed by atoms with Gasteiger partial charge in [0.15, 0.2) is 0 Å². The average Bonchev–Trinajstić information content (AvgIpc) is 2.55. The van der Waals surface area contributed by atoms with Crippen LogP contribution in [0.4, 0.5) is 0 Å². The van der Waals surface area contributed by atoms with E-state index in [1.54, 1.807) is 16.7 Å². The third-order valence-electron chi connectivity index (χ3n) is 4.20. The number of morpholine rings is 1. The van der Waals surface area contributed by atoms with Crippen molar-refractivity contribution in [3.8, 4) is 0 Å². The maximum atomic E-state index is 12.8. The lowest BCUT2D eigenvalue weighted by atomic mass is 10.1. The van der Waals surface area contributed by atoms with Gasteiger partial charge in [0.2, 0.25) is 0 Å². The predicted octanol–water partition coefficient (Wildman–Crippen LogP) is 1.01. The second-order valence-corrected chi connectivity index (χ2v) is 7.44. The molecule has 2 rings (SSSR count). The lowest BCUT2D eigenvalue weighted by molar-refractivity contribution is 0.0270. The molecule has 0 unspecified atom stereocenters. The first-order valence-corrected chi connectivity index (χ1v) is 9.51. The first-order valence-electron chi connectivity index (χ1n) is 8.11. The molecule has 1 fully saturated rings. The largest absolute Gasteiger partial charge is 0.378 e. The van der Waals surface area contributed by atoms with E-state index in [0.717, 1.165) is 11.4 Å². The monoisotopic (exact) mass is 342 g/mol. The Morgan fingerprint density at radius 1 is 1.30 bits per heavy atom. The minimum absolute atomic E-state index is 0.157. The molecule has 1 aliphatic rings. The molecule has 23 heavy (non-hydrogen) atoms. The van der Waals surface area contributed by atoms with Crippen LogP contribution in [0.2, 0.25) is 0 Å². The summed E-state index contributed by atoms with van der Waals surface area (Å²) in [5.74, 6) is 0. The maximum absolute atomic E-state index is 12.8. The fourth-order valence-electron chi connectivity index (χ4n) is 2.85. The quantitative estimate of drug-likeness (QED) is 0.739. The zero-order valence-electron chi connectivity index (χ0n) is 14.1. The minimum Gasteiger partial charge on any atom is -0.378 e. The Balaban J connectivity index is 2.11. The minimum atomic E-state index is -3.44. The van der Waals surface area contributed by atoms with Gasteiger partial charge in [0.05, 0.1) is 24.6 Å². The topological polar surface area (TPSA) is 75.6 Å². The van der Waals surface area contributed by atoms with Gasteiger partial charge in [-0.05, 0) is 19.8 Å². The van der Waals surface area contributed by atoms with Crippen molar-refractivity contribution in [3.63, 3.8) is 0 Å². The number of hydrogen-bond donors (Lipinski definition) is 0. The van der Waals surface area contributed by atoms with E-state index >= 15 is 0 Å². The molecule has 2 heterocycles. The molecule has 1 aliphatic heterocycles. The predicted molar refractivity (Wildman–Crippen MR) is 88.2 cm³/mol. The van der Waals surface area contributed by atoms with Gasteiger partial charge in [0.25, 0.3) is 10.2 Å². The van der Waals surface area contributed by atoms with Crippen molar-refractivity contribution >= 4 is 10.2 Å². The Bertz CT molecular complexity index is 604. The van der Waals surface area contributed by atoms with Crippen LogP contribution in [0.3, 0.4) is 0 Å². The highest BCUT2D eigenvalue weighted by Crippen LogP contribution is 2.20. The van der Waals surface area contributed by atoms with Crippen LogP contribution in [0.25, 0.3) is 0 Å². The van der Waals surface area contributed by atoms with Gasteiger partial charge >= 0.3 is 0 Å². The fraction of sp³-hybridized carbons (Fsp3) is 0.733. The first kappa shape index (κ1) is 18.3. The molecule has 1 aromatic rings. The van der Waals surface area contributed by atoms with E-state index < -0.39 is 10.2 Å². The van der Waals surface area contributed by atoms with Crippen molar-refractivity contribution in [1.82, 2.24) is 18.6 Å². The Morgan fingerprint density at radius 2 is 2.00 bits per heavy atom. The summed E-state index contributed by atoms with van der Waals surface area (Å²) in [4.78, 5) is 8.57. The molecule has 8 heteroatoms. The Hall–Kier alpha value is -1.09.